The van der Waals surface area contributed by atoms with Crippen LogP contribution in [-0.2, 0) is 0 Å². The first-order chi connectivity index (χ1) is 8.24. The smallest absolute Gasteiger partial charge is 0.115 e. The summed E-state index contributed by atoms with van der Waals surface area (Å²) < 4.78 is 0. The van der Waals surface area contributed by atoms with E-state index in [9.17, 15) is 0 Å². The minimum absolute atomic E-state index is 0.606. The number of rotatable bonds is 8. The Morgan fingerprint density at radius 2 is 2.35 bits per heavy atom. The number of nitrogens with one attached hydrogen (secondary N) is 1. The molecule has 1 aromatic heterocycles. The second-order valence-electron chi connectivity index (χ2n) is 4.14. The zero-order chi connectivity index (χ0) is 12.5. The molecule has 0 spiro atoms. The van der Waals surface area contributed by atoms with Gasteiger partial charge in [0.1, 0.15) is 5.03 Å². The summed E-state index contributed by atoms with van der Waals surface area (Å²) in [5.41, 5.74) is 0. The van der Waals surface area contributed by atoms with Crippen molar-refractivity contribution in [1.82, 2.24) is 10.3 Å². The zero-order valence-corrected chi connectivity index (χ0v) is 12.2. The highest BCUT2D eigenvalue weighted by molar-refractivity contribution is 7.99. The van der Waals surface area contributed by atoms with Crippen LogP contribution in [0.4, 0.5) is 0 Å². The quantitative estimate of drug-likeness (QED) is 0.572. The highest BCUT2D eigenvalue weighted by Gasteiger charge is 2.03. The normalized spacial score (nSPS) is 12.6. The molecule has 1 aromatic rings. The van der Waals surface area contributed by atoms with Crippen molar-refractivity contribution in [2.24, 2.45) is 0 Å². The van der Waals surface area contributed by atoms with Crippen LogP contribution in [-0.4, -0.2) is 23.3 Å². The summed E-state index contributed by atoms with van der Waals surface area (Å²) in [6, 6.07) is 4.36. The van der Waals surface area contributed by atoms with Gasteiger partial charge in [-0.1, -0.05) is 18.5 Å². The molecule has 1 rings (SSSR count). The van der Waals surface area contributed by atoms with E-state index >= 15 is 0 Å². The standard InChI is InChI=1S/C13H21ClN2S/c1-3-8-15-11(2)6-5-10-17-13-12(14)7-4-9-16-13/h4,7,9,11,15H,3,5-6,8,10H2,1-2H3. The van der Waals surface area contributed by atoms with Gasteiger partial charge in [-0.3, -0.25) is 0 Å². The van der Waals surface area contributed by atoms with Crippen molar-refractivity contribution < 1.29 is 0 Å². The van der Waals surface area contributed by atoms with Gasteiger partial charge in [0.2, 0.25) is 0 Å². The third-order valence-corrected chi connectivity index (χ3v) is 4.00. The number of halogens is 1. The average Bonchev–Trinajstić information content (AvgIpc) is 2.34. The predicted molar refractivity (Wildman–Crippen MR) is 77.0 cm³/mol. The maximum atomic E-state index is 6.04. The molecule has 17 heavy (non-hydrogen) atoms. The number of pyridine rings is 1. The van der Waals surface area contributed by atoms with Gasteiger partial charge in [0, 0.05) is 12.2 Å². The van der Waals surface area contributed by atoms with E-state index in [1.807, 2.05) is 12.1 Å². The first kappa shape index (κ1) is 14.8. The fourth-order valence-corrected chi connectivity index (χ4v) is 2.66. The van der Waals surface area contributed by atoms with Gasteiger partial charge in [-0.15, -0.1) is 11.8 Å². The minimum atomic E-state index is 0.606. The summed E-state index contributed by atoms with van der Waals surface area (Å²) in [4.78, 5) is 4.26. The SMILES string of the molecule is CCCNC(C)CCCSc1ncccc1Cl. The Kier molecular flexibility index (Phi) is 7.65. The van der Waals surface area contributed by atoms with E-state index < -0.39 is 0 Å². The largest absolute Gasteiger partial charge is 0.314 e. The molecule has 1 atom stereocenters. The lowest BCUT2D eigenvalue weighted by atomic mass is 10.2. The van der Waals surface area contributed by atoms with Crippen molar-refractivity contribution in [2.45, 2.75) is 44.2 Å². The lowest BCUT2D eigenvalue weighted by Crippen LogP contribution is -2.26. The first-order valence-electron chi connectivity index (χ1n) is 6.20. The third kappa shape index (κ3) is 6.29. The van der Waals surface area contributed by atoms with Crippen molar-refractivity contribution in [1.29, 1.82) is 0 Å². The maximum Gasteiger partial charge on any atom is 0.115 e. The summed E-state index contributed by atoms with van der Waals surface area (Å²) in [6.07, 6.45) is 5.38. The fraction of sp³-hybridized carbons (Fsp3) is 0.615. The van der Waals surface area contributed by atoms with E-state index in [-0.39, 0.29) is 0 Å². The van der Waals surface area contributed by atoms with Gasteiger partial charge in [-0.2, -0.15) is 0 Å². The summed E-state index contributed by atoms with van der Waals surface area (Å²) in [5.74, 6) is 1.08. The van der Waals surface area contributed by atoms with E-state index in [1.165, 1.54) is 19.3 Å². The zero-order valence-electron chi connectivity index (χ0n) is 10.6. The Bertz CT molecular complexity index is 320. The highest BCUT2D eigenvalue weighted by Crippen LogP contribution is 2.24. The average molecular weight is 273 g/mol. The Morgan fingerprint density at radius 3 is 3.06 bits per heavy atom. The van der Waals surface area contributed by atoms with Crippen LogP contribution in [0.25, 0.3) is 0 Å². The second-order valence-corrected chi connectivity index (χ2v) is 5.63. The molecule has 0 fully saturated rings. The Balaban J connectivity index is 2.14. The number of thioether (sulfide) groups is 1. The topological polar surface area (TPSA) is 24.9 Å². The molecule has 1 unspecified atom stereocenters. The van der Waals surface area contributed by atoms with E-state index in [2.05, 4.69) is 24.1 Å². The highest BCUT2D eigenvalue weighted by atomic mass is 35.5. The number of aromatic nitrogens is 1. The second kappa shape index (κ2) is 8.78. The molecule has 0 amide bonds. The molecule has 96 valence electrons. The summed E-state index contributed by atoms with van der Waals surface area (Å²) >= 11 is 7.78. The number of hydrogen-bond donors (Lipinski definition) is 1. The fourth-order valence-electron chi connectivity index (χ4n) is 1.53. The maximum absolute atomic E-state index is 6.04. The Morgan fingerprint density at radius 1 is 1.53 bits per heavy atom. The van der Waals surface area contributed by atoms with Gasteiger partial charge in [-0.05, 0) is 50.6 Å². The third-order valence-electron chi connectivity index (χ3n) is 2.49. The molecule has 0 saturated carbocycles. The van der Waals surface area contributed by atoms with Crippen LogP contribution in [0.2, 0.25) is 5.02 Å². The summed E-state index contributed by atoms with van der Waals surface area (Å²) in [6.45, 7) is 5.55. The first-order valence-corrected chi connectivity index (χ1v) is 7.57. The molecule has 4 heteroatoms. The summed E-state index contributed by atoms with van der Waals surface area (Å²) in [5, 5.41) is 5.20. The van der Waals surface area contributed by atoms with Crippen LogP contribution < -0.4 is 5.32 Å². The molecule has 0 aromatic carbocycles. The van der Waals surface area contributed by atoms with Crippen LogP contribution in [0.5, 0.6) is 0 Å². The van der Waals surface area contributed by atoms with Crippen molar-refractivity contribution >= 4 is 23.4 Å². The van der Waals surface area contributed by atoms with Crippen molar-refractivity contribution in [3.05, 3.63) is 23.4 Å². The van der Waals surface area contributed by atoms with Crippen LogP contribution >= 0.6 is 23.4 Å². The minimum Gasteiger partial charge on any atom is -0.314 e. The van der Waals surface area contributed by atoms with E-state index in [0.717, 1.165) is 22.3 Å². The van der Waals surface area contributed by atoms with Crippen LogP contribution in [0.15, 0.2) is 23.4 Å². The molecule has 1 N–H and O–H groups in total. The van der Waals surface area contributed by atoms with E-state index in [0.29, 0.717) is 6.04 Å². The van der Waals surface area contributed by atoms with Gasteiger partial charge < -0.3 is 5.32 Å². The summed E-state index contributed by atoms with van der Waals surface area (Å²) in [7, 11) is 0. The van der Waals surface area contributed by atoms with Gasteiger partial charge in [0.25, 0.3) is 0 Å². The van der Waals surface area contributed by atoms with E-state index in [4.69, 9.17) is 11.6 Å². The molecule has 0 aliphatic carbocycles. The molecular formula is C13H21ClN2S. The molecule has 0 radical (unpaired) electrons. The molecule has 1 heterocycles. The van der Waals surface area contributed by atoms with Crippen LogP contribution in [0, 0.1) is 0 Å². The van der Waals surface area contributed by atoms with Gasteiger partial charge in [0.15, 0.2) is 0 Å². The Labute approximate surface area is 114 Å². The van der Waals surface area contributed by atoms with E-state index in [1.54, 1.807) is 18.0 Å². The van der Waals surface area contributed by atoms with Crippen LogP contribution in [0.3, 0.4) is 0 Å². The predicted octanol–water partition coefficient (Wildman–Crippen LogP) is 4.00. The lowest BCUT2D eigenvalue weighted by molar-refractivity contribution is 0.510. The molecule has 0 aliphatic rings. The van der Waals surface area contributed by atoms with Gasteiger partial charge >= 0.3 is 0 Å². The Hall–Kier alpha value is -0.250. The monoisotopic (exact) mass is 272 g/mol. The molecule has 0 saturated heterocycles. The van der Waals surface area contributed by atoms with Gasteiger partial charge in [0.05, 0.1) is 5.02 Å². The van der Waals surface area contributed by atoms with Crippen molar-refractivity contribution in [3.8, 4) is 0 Å². The number of nitrogens with zero attached hydrogens (tertiary/aromatic N) is 1. The number of hydrogen-bond acceptors (Lipinski definition) is 3. The molecular weight excluding hydrogens is 252 g/mol. The van der Waals surface area contributed by atoms with Crippen molar-refractivity contribution in [2.75, 3.05) is 12.3 Å². The van der Waals surface area contributed by atoms with Crippen molar-refractivity contribution in [3.63, 3.8) is 0 Å². The van der Waals surface area contributed by atoms with Crippen LogP contribution in [0.1, 0.15) is 33.1 Å². The molecule has 2 nitrogen and oxygen atoms in total. The lowest BCUT2D eigenvalue weighted by Gasteiger charge is -2.12. The van der Waals surface area contributed by atoms with Gasteiger partial charge in [-0.25, -0.2) is 4.98 Å². The molecule has 0 aliphatic heterocycles. The molecule has 0 bridgehead atoms.